The smallest absolute Gasteiger partial charge is 0.167 e. The Morgan fingerprint density at radius 2 is 1.94 bits per heavy atom. The number of halogens is 1. The summed E-state index contributed by atoms with van der Waals surface area (Å²) >= 11 is 5.96. The molecular weight excluding hydrogens is 248 g/mol. The van der Waals surface area contributed by atoms with Gasteiger partial charge >= 0.3 is 0 Å². The van der Waals surface area contributed by atoms with E-state index in [-0.39, 0.29) is 0 Å². The summed E-state index contributed by atoms with van der Waals surface area (Å²) in [6.45, 7) is 0. The van der Waals surface area contributed by atoms with Crippen LogP contribution >= 0.6 is 11.6 Å². The maximum absolute atomic E-state index is 5.96. The van der Waals surface area contributed by atoms with Gasteiger partial charge in [0.25, 0.3) is 0 Å². The van der Waals surface area contributed by atoms with Gasteiger partial charge in [0.05, 0.1) is 11.6 Å². The van der Waals surface area contributed by atoms with Crippen molar-refractivity contribution in [1.82, 2.24) is 19.7 Å². The Kier molecular flexibility index (Phi) is 2.78. The summed E-state index contributed by atoms with van der Waals surface area (Å²) in [5.74, 6) is 0. The van der Waals surface area contributed by atoms with Crippen molar-refractivity contribution in [3.05, 3.63) is 53.6 Å². The van der Waals surface area contributed by atoms with Gasteiger partial charge in [-0.05, 0) is 11.6 Å². The predicted molar refractivity (Wildman–Crippen MR) is 72.0 cm³/mol. The molecule has 5 heteroatoms. The van der Waals surface area contributed by atoms with Crippen LogP contribution in [0.2, 0.25) is 5.15 Å². The SMILES string of the molecule is Clc1ncnc2c1cnn2/C=C/c1ccccc1. The van der Waals surface area contributed by atoms with Crippen LogP contribution in [0.25, 0.3) is 23.3 Å². The minimum atomic E-state index is 0.416. The second kappa shape index (κ2) is 4.58. The molecular formula is C13H9ClN4. The fourth-order valence-electron chi connectivity index (χ4n) is 1.66. The summed E-state index contributed by atoms with van der Waals surface area (Å²) < 4.78 is 1.68. The Balaban J connectivity index is 2.01. The lowest BCUT2D eigenvalue weighted by Crippen LogP contribution is -1.91. The molecule has 0 radical (unpaired) electrons. The molecule has 3 rings (SSSR count). The largest absolute Gasteiger partial charge is 0.224 e. The van der Waals surface area contributed by atoms with E-state index in [2.05, 4.69) is 15.1 Å². The molecule has 18 heavy (non-hydrogen) atoms. The molecule has 0 atom stereocenters. The Hall–Kier alpha value is -2.20. The van der Waals surface area contributed by atoms with Crippen LogP contribution in [-0.4, -0.2) is 19.7 Å². The van der Waals surface area contributed by atoms with Crippen molar-refractivity contribution in [2.75, 3.05) is 0 Å². The lowest BCUT2D eigenvalue weighted by molar-refractivity contribution is 0.950. The number of benzene rings is 1. The molecule has 0 saturated carbocycles. The van der Waals surface area contributed by atoms with Crippen LogP contribution < -0.4 is 0 Å². The molecule has 2 aromatic heterocycles. The van der Waals surface area contributed by atoms with E-state index in [0.29, 0.717) is 10.8 Å². The first kappa shape index (κ1) is 10.9. The van der Waals surface area contributed by atoms with Gasteiger partial charge in [-0.2, -0.15) is 5.10 Å². The predicted octanol–water partition coefficient (Wildman–Crippen LogP) is 3.11. The van der Waals surface area contributed by atoms with Crippen LogP contribution in [0.4, 0.5) is 0 Å². The second-order valence-corrected chi connectivity index (χ2v) is 4.08. The molecule has 0 aliphatic carbocycles. The molecule has 0 aliphatic rings. The standard InChI is InChI=1S/C13H9ClN4/c14-12-11-8-17-18(13(11)16-9-15-12)7-6-10-4-2-1-3-5-10/h1-9H/b7-6+. The van der Waals surface area contributed by atoms with Crippen LogP contribution in [0, 0.1) is 0 Å². The quantitative estimate of drug-likeness (QED) is 0.662. The molecule has 0 aliphatic heterocycles. The molecule has 0 amide bonds. The van der Waals surface area contributed by atoms with E-state index in [1.165, 1.54) is 6.33 Å². The molecule has 0 spiro atoms. The van der Waals surface area contributed by atoms with Crippen molar-refractivity contribution in [2.24, 2.45) is 0 Å². The first-order valence-electron chi connectivity index (χ1n) is 5.41. The van der Waals surface area contributed by atoms with E-state index in [9.17, 15) is 0 Å². The maximum atomic E-state index is 5.96. The molecule has 0 N–H and O–H groups in total. The monoisotopic (exact) mass is 256 g/mol. The average molecular weight is 257 g/mol. The number of hydrogen-bond acceptors (Lipinski definition) is 3. The summed E-state index contributed by atoms with van der Waals surface area (Å²) in [5, 5.41) is 5.38. The first-order chi connectivity index (χ1) is 8.84. The minimum absolute atomic E-state index is 0.416. The fourth-order valence-corrected chi connectivity index (χ4v) is 1.84. The van der Waals surface area contributed by atoms with Gasteiger partial charge in [-0.15, -0.1) is 0 Å². The molecule has 4 nitrogen and oxygen atoms in total. The summed E-state index contributed by atoms with van der Waals surface area (Å²) in [5.41, 5.74) is 1.79. The Morgan fingerprint density at radius 1 is 1.11 bits per heavy atom. The Bertz CT molecular complexity index is 703. The van der Waals surface area contributed by atoms with E-state index in [4.69, 9.17) is 11.6 Å². The van der Waals surface area contributed by atoms with Gasteiger partial charge in [-0.3, -0.25) is 0 Å². The molecule has 1 aromatic carbocycles. The van der Waals surface area contributed by atoms with Crippen molar-refractivity contribution in [1.29, 1.82) is 0 Å². The summed E-state index contributed by atoms with van der Waals surface area (Å²) in [6, 6.07) is 9.99. The van der Waals surface area contributed by atoms with Gasteiger partial charge < -0.3 is 0 Å². The average Bonchev–Trinajstić information content (AvgIpc) is 2.82. The Labute approximate surface area is 109 Å². The van der Waals surface area contributed by atoms with Gasteiger partial charge in [0.15, 0.2) is 5.65 Å². The third kappa shape index (κ3) is 1.98. The summed E-state index contributed by atoms with van der Waals surface area (Å²) in [4.78, 5) is 8.08. The van der Waals surface area contributed by atoms with Crippen molar-refractivity contribution < 1.29 is 0 Å². The number of aromatic nitrogens is 4. The molecule has 0 unspecified atom stereocenters. The van der Waals surface area contributed by atoms with Crippen molar-refractivity contribution >= 4 is 34.9 Å². The molecule has 0 fully saturated rings. The van der Waals surface area contributed by atoms with Crippen LogP contribution in [0.1, 0.15) is 5.56 Å². The van der Waals surface area contributed by atoms with Crippen molar-refractivity contribution in [3.8, 4) is 0 Å². The first-order valence-corrected chi connectivity index (χ1v) is 5.79. The van der Waals surface area contributed by atoms with Gasteiger partial charge in [0.2, 0.25) is 0 Å². The van der Waals surface area contributed by atoms with Crippen LogP contribution in [0.5, 0.6) is 0 Å². The number of rotatable bonds is 2. The molecule has 3 aromatic rings. The number of fused-ring (bicyclic) bond motifs is 1. The van der Waals surface area contributed by atoms with Gasteiger partial charge in [0.1, 0.15) is 11.5 Å². The summed E-state index contributed by atoms with van der Waals surface area (Å²) in [6.07, 6.45) is 6.90. The highest BCUT2D eigenvalue weighted by atomic mass is 35.5. The zero-order valence-corrected chi connectivity index (χ0v) is 10.1. The van der Waals surface area contributed by atoms with Crippen molar-refractivity contribution in [3.63, 3.8) is 0 Å². The normalized spacial score (nSPS) is 11.4. The third-order valence-electron chi connectivity index (χ3n) is 2.55. The van der Waals surface area contributed by atoms with Gasteiger partial charge in [-0.25, -0.2) is 14.6 Å². The molecule has 2 heterocycles. The van der Waals surface area contributed by atoms with Gasteiger partial charge in [-0.1, -0.05) is 41.9 Å². The molecule has 0 saturated heterocycles. The molecule has 0 bridgehead atoms. The second-order valence-electron chi connectivity index (χ2n) is 3.72. The van der Waals surface area contributed by atoms with E-state index in [1.54, 1.807) is 10.9 Å². The van der Waals surface area contributed by atoms with E-state index in [1.807, 2.05) is 42.6 Å². The zero-order valence-electron chi connectivity index (χ0n) is 9.36. The minimum Gasteiger partial charge on any atom is -0.224 e. The van der Waals surface area contributed by atoms with Crippen molar-refractivity contribution in [2.45, 2.75) is 0 Å². The zero-order chi connectivity index (χ0) is 12.4. The number of nitrogens with zero attached hydrogens (tertiary/aromatic N) is 4. The topological polar surface area (TPSA) is 43.6 Å². The highest BCUT2D eigenvalue weighted by Crippen LogP contribution is 2.18. The maximum Gasteiger partial charge on any atom is 0.167 e. The van der Waals surface area contributed by atoms with Crippen LogP contribution in [-0.2, 0) is 0 Å². The summed E-state index contributed by atoms with van der Waals surface area (Å²) in [7, 11) is 0. The highest BCUT2D eigenvalue weighted by molar-refractivity contribution is 6.33. The Morgan fingerprint density at radius 3 is 2.78 bits per heavy atom. The van der Waals surface area contributed by atoms with Crippen LogP contribution in [0.3, 0.4) is 0 Å². The highest BCUT2D eigenvalue weighted by Gasteiger charge is 2.05. The van der Waals surface area contributed by atoms with E-state index >= 15 is 0 Å². The molecule has 88 valence electrons. The van der Waals surface area contributed by atoms with E-state index < -0.39 is 0 Å². The lowest BCUT2D eigenvalue weighted by atomic mass is 10.2. The number of hydrogen-bond donors (Lipinski definition) is 0. The fraction of sp³-hybridized carbons (Fsp3) is 0. The van der Waals surface area contributed by atoms with E-state index in [0.717, 1.165) is 10.9 Å². The van der Waals surface area contributed by atoms with Crippen LogP contribution in [0.15, 0.2) is 42.9 Å². The lowest BCUT2D eigenvalue weighted by Gasteiger charge is -1.95. The third-order valence-corrected chi connectivity index (χ3v) is 2.85. The van der Waals surface area contributed by atoms with Gasteiger partial charge in [0, 0.05) is 6.20 Å².